The maximum absolute atomic E-state index is 13.2. The molecule has 0 aliphatic carbocycles. The Bertz CT molecular complexity index is 1250. The Morgan fingerprint density at radius 1 is 1.12 bits per heavy atom. The number of benzene rings is 2. The van der Waals surface area contributed by atoms with Crippen LogP contribution in [-0.2, 0) is 16.1 Å². The number of ketones is 1. The average Bonchev–Trinajstić information content (AvgIpc) is 3.09. The first-order chi connectivity index (χ1) is 16.3. The first-order valence-corrected chi connectivity index (χ1v) is 11.7. The van der Waals surface area contributed by atoms with E-state index < -0.39 is 17.7 Å². The molecule has 7 heteroatoms. The molecule has 1 fully saturated rings. The van der Waals surface area contributed by atoms with Crippen molar-refractivity contribution in [3.05, 3.63) is 99.3 Å². The number of nitrogens with zero attached hydrogens (tertiary/aromatic N) is 2. The lowest BCUT2D eigenvalue weighted by Crippen LogP contribution is -2.29. The van der Waals surface area contributed by atoms with Gasteiger partial charge < -0.3 is 14.7 Å². The molecule has 1 saturated heterocycles. The van der Waals surface area contributed by atoms with Gasteiger partial charge in [-0.05, 0) is 63.3 Å². The van der Waals surface area contributed by atoms with E-state index in [9.17, 15) is 14.7 Å². The number of halogens is 1. The van der Waals surface area contributed by atoms with Crippen molar-refractivity contribution < 1.29 is 19.4 Å². The number of rotatable bonds is 6. The molecule has 0 bridgehead atoms. The maximum atomic E-state index is 13.2. The van der Waals surface area contributed by atoms with E-state index in [2.05, 4.69) is 34.8 Å². The fourth-order valence-corrected chi connectivity index (χ4v) is 4.63. The summed E-state index contributed by atoms with van der Waals surface area (Å²) >= 11 is 3.42. The molecular weight excluding hydrogens is 496 g/mol. The first-order valence-electron chi connectivity index (χ1n) is 10.9. The topological polar surface area (TPSA) is 79.7 Å². The van der Waals surface area contributed by atoms with E-state index >= 15 is 0 Å². The third-order valence-corrected chi connectivity index (χ3v) is 6.56. The van der Waals surface area contributed by atoms with E-state index in [1.54, 1.807) is 43.6 Å². The number of methoxy groups -OCH3 is 1. The van der Waals surface area contributed by atoms with Gasteiger partial charge in [-0.25, -0.2) is 0 Å². The SMILES string of the molecule is COc1ccc(/C(O)=C2/C(=O)C(=O)N(Cc3ccccn3)C2c2ccc(C(C)C)cc2)cc1Br. The zero-order valence-electron chi connectivity index (χ0n) is 19.2. The van der Waals surface area contributed by atoms with Crippen molar-refractivity contribution in [3.8, 4) is 5.75 Å². The second kappa shape index (κ2) is 9.81. The lowest BCUT2D eigenvalue weighted by atomic mass is 9.93. The monoisotopic (exact) mass is 520 g/mol. The van der Waals surface area contributed by atoms with Crippen molar-refractivity contribution in [1.29, 1.82) is 0 Å². The van der Waals surface area contributed by atoms with Crippen molar-refractivity contribution in [2.45, 2.75) is 32.4 Å². The molecule has 0 saturated carbocycles. The van der Waals surface area contributed by atoms with Crippen molar-refractivity contribution in [2.24, 2.45) is 0 Å². The smallest absolute Gasteiger partial charge is 0.296 e. The summed E-state index contributed by atoms with van der Waals surface area (Å²) in [7, 11) is 1.55. The molecule has 1 aliphatic heterocycles. The van der Waals surface area contributed by atoms with Crippen LogP contribution in [0.2, 0.25) is 0 Å². The molecule has 0 radical (unpaired) electrons. The molecular formula is C27H25BrN2O4. The molecule has 6 nitrogen and oxygen atoms in total. The minimum absolute atomic E-state index is 0.0512. The van der Waals surface area contributed by atoms with Gasteiger partial charge in [0.1, 0.15) is 11.5 Å². The molecule has 3 aromatic rings. The highest BCUT2D eigenvalue weighted by Crippen LogP contribution is 2.41. The predicted octanol–water partition coefficient (Wildman–Crippen LogP) is 5.60. The predicted molar refractivity (Wildman–Crippen MR) is 133 cm³/mol. The van der Waals surface area contributed by atoms with Crippen LogP contribution in [0, 0.1) is 0 Å². The molecule has 4 rings (SSSR count). The Hall–Kier alpha value is -3.45. The summed E-state index contributed by atoms with van der Waals surface area (Å²) in [5.74, 6) is -0.697. The minimum Gasteiger partial charge on any atom is -0.507 e. The van der Waals surface area contributed by atoms with Gasteiger partial charge in [0.15, 0.2) is 0 Å². The number of likely N-dealkylation sites (tertiary alicyclic amines) is 1. The lowest BCUT2D eigenvalue weighted by molar-refractivity contribution is -0.140. The molecule has 2 heterocycles. The summed E-state index contributed by atoms with van der Waals surface area (Å²) in [5, 5.41) is 11.3. The maximum Gasteiger partial charge on any atom is 0.296 e. The summed E-state index contributed by atoms with van der Waals surface area (Å²) in [6, 6.07) is 17.5. The second-order valence-corrected chi connectivity index (χ2v) is 9.27. The first kappa shape index (κ1) is 23.7. The Labute approximate surface area is 207 Å². The fraction of sp³-hybridized carbons (Fsp3) is 0.222. The van der Waals surface area contributed by atoms with Crippen LogP contribution in [0.15, 0.2) is 76.9 Å². The van der Waals surface area contributed by atoms with Crippen molar-refractivity contribution in [2.75, 3.05) is 7.11 Å². The molecule has 1 aromatic heterocycles. The molecule has 1 unspecified atom stereocenters. The molecule has 1 aliphatic rings. The van der Waals surface area contributed by atoms with Gasteiger partial charge in [0.2, 0.25) is 0 Å². The Balaban J connectivity index is 1.85. The van der Waals surface area contributed by atoms with Gasteiger partial charge in [0.25, 0.3) is 11.7 Å². The van der Waals surface area contributed by atoms with Gasteiger partial charge in [-0.2, -0.15) is 0 Å². The number of hydrogen-bond acceptors (Lipinski definition) is 5. The van der Waals surface area contributed by atoms with Gasteiger partial charge in [-0.3, -0.25) is 14.6 Å². The Kier molecular flexibility index (Phi) is 6.84. The van der Waals surface area contributed by atoms with Crippen LogP contribution in [0.1, 0.15) is 48.2 Å². The summed E-state index contributed by atoms with van der Waals surface area (Å²) < 4.78 is 5.89. The largest absolute Gasteiger partial charge is 0.507 e. The van der Waals surface area contributed by atoms with Crippen molar-refractivity contribution in [1.82, 2.24) is 9.88 Å². The number of hydrogen-bond donors (Lipinski definition) is 1. The van der Waals surface area contributed by atoms with Gasteiger partial charge >= 0.3 is 0 Å². The van der Waals surface area contributed by atoms with E-state index in [1.807, 2.05) is 30.3 Å². The summed E-state index contributed by atoms with van der Waals surface area (Å²) in [5.41, 5.74) is 3.00. The molecule has 1 atom stereocenters. The van der Waals surface area contributed by atoms with Gasteiger partial charge in [-0.15, -0.1) is 0 Å². The van der Waals surface area contributed by atoms with Crippen LogP contribution in [-0.4, -0.2) is 33.8 Å². The normalized spacial score (nSPS) is 17.4. The third-order valence-electron chi connectivity index (χ3n) is 5.94. The van der Waals surface area contributed by atoms with Crippen LogP contribution in [0.4, 0.5) is 0 Å². The number of pyridine rings is 1. The summed E-state index contributed by atoms with van der Waals surface area (Å²) in [6.07, 6.45) is 1.65. The van der Waals surface area contributed by atoms with Gasteiger partial charge in [-0.1, -0.05) is 44.2 Å². The highest BCUT2D eigenvalue weighted by atomic mass is 79.9. The Morgan fingerprint density at radius 3 is 2.44 bits per heavy atom. The van der Waals surface area contributed by atoms with E-state index in [0.29, 0.717) is 27.4 Å². The number of aliphatic hydroxyl groups excluding tert-OH is 1. The Morgan fingerprint density at radius 2 is 1.85 bits per heavy atom. The number of Topliss-reactive ketones (excluding diaryl/α,β-unsaturated/α-hetero) is 1. The van der Waals surface area contributed by atoms with E-state index in [1.165, 1.54) is 4.90 Å². The van der Waals surface area contributed by atoms with Crippen LogP contribution >= 0.6 is 15.9 Å². The fourth-order valence-electron chi connectivity index (χ4n) is 4.09. The number of carbonyl (C=O) groups excluding carboxylic acids is 2. The quantitative estimate of drug-likeness (QED) is 0.260. The zero-order valence-corrected chi connectivity index (χ0v) is 20.7. The van der Waals surface area contributed by atoms with Gasteiger partial charge in [0.05, 0.1) is 35.4 Å². The summed E-state index contributed by atoms with van der Waals surface area (Å²) in [4.78, 5) is 32.2. The van der Waals surface area contributed by atoms with Crippen molar-refractivity contribution in [3.63, 3.8) is 0 Å². The third kappa shape index (κ3) is 4.48. The van der Waals surface area contributed by atoms with Crippen LogP contribution in [0.3, 0.4) is 0 Å². The van der Waals surface area contributed by atoms with Crippen LogP contribution in [0.5, 0.6) is 5.75 Å². The van der Waals surface area contributed by atoms with Crippen molar-refractivity contribution >= 4 is 33.4 Å². The molecule has 2 aromatic carbocycles. The number of aromatic nitrogens is 1. The van der Waals surface area contributed by atoms with E-state index in [-0.39, 0.29) is 17.9 Å². The number of amides is 1. The number of ether oxygens (including phenoxy) is 1. The molecule has 174 valence electrons. The average molecular weight is 521 g/mol. The van der Waals surface area contributed by atoms with Crippen LogP contribution < -0.4 is 4.74 Å². The standard InChI is InChI=1S/C27H25BrN2O4/c1-16(2)17-7-9-18(10-8-17)24-23(25(31)19-11-12-22(34-3)21(28)14-19)26(32)27(33)30(24)15-20-6-4-5-13-29-20/h4-14,16,24,31H,15H2,1-3H3/b25-23-. The molecule has 1 N–H and O–H groups in total. The number of aliphatic hydroxyl groups is 1. The minimum atomic E-state index is -0.746. The van der Waals surface area contributed by atoms with Crippen LogP contribution in [0.25, 0.3) is 5.76 Å². The molecule has 0 spiro atoms. The summed E-state index contributed by atoms with van der Waals surface area (Å²) in [6.45, 7) is 4.35. The van der Waals surface area contributed by atoms with Gasteiger partial charge in [0, 0.05) is 11.8 Å². The number of carbonyl (C=O) groups is 2. The van der Waals surface area contributed by atoms with E-state index in [0.717, 1.165) is 11.1 Å². The molecule has 1 amide bonds. The highest BCUT2D eigenvalue weighted by Gasteiger charge is 2.46. The second-order valence-electron chi connectivity index (χ2n) is 8.42. The zero-order chi connectivity index (χ0) is 24.4. The van der Waals surface area contributed by atoms with E-state index in [4.69, 9.17) is 4.74 Å². The lowest BCUT2D eigenvalue weighted by Gasteiger charge is -2.25. The molecule has 34 heavy (non-hydrogen) atoms. The highest BCUT2D eigenvalue weighted by molar-refractivity contribution is 9.10.